The summed E-state index contributed by atoms with van der Waals surface area (Å²) in [6.45, 7) is 1.59. The minimum Gasteiger partial charge on any atom is -0.296 e. The molecule has 4 rings (SSSR count). The molecule has 0 aliphatic carbocycles. The monoisotopic (exact) mass is 406 g/mol. The number of thiazole rings is 1. The van der Waals surface area contributed by atoms with Crippen molar-refractivity contribution in [3.05, 3.63) is 68.5 Å². The summed E-state index contributed by atoms with van der Waals surface area (Å²) in [6, 6.07) is 11.6. The second kappa shape index (κ2) is 7.46. The van der Waals surface area contributed by atoms with Crippen molar-refractivity contribution in [1.82, 2.24) is 14.5 Å². The van der Waals surface area contributed by atoms with Gasteiger partial charge in [0, 0.05) is 22.0 Å². The molecule has 3 heterocycles. The molecule has 0 saturated carbocycles. The summed E-state index contributed by atoms with van der Waals surface area (Å²) >= 11 is 2.66. The van der Waals surface area contributed by atoms with Gasteiger partial charge in [0.25, 0.3) is 5.56 Å². The van der Waals surface area contributed by atoms with Gasteiger partial charge in [-0.1, -0.05) is 30.3 Å². The van der Waals surface area contributed by atoms with Gasteiger partial charge in [0.15, 0.2) is 11.7 Å². The van der Waals surface area contributed by atoms with E-state index in [1.807, 2.05) is 48.7 Å². The number of aryl methyl sites for hydroxylation is 1. The van der Waals surface area contributed by atoms with Crippen LogP contribution in [0.3, 0.4) is 0 Å². The molecule has 0 saturated heterocycles. The van der Waals surface area contributed by atoms with Gasteiger partial charge in [-0.15, -0.1) is 22.7 Å². The Morgan fingerprint density at radius 1 is 1.25 bits per heavy atom. The summed E-state index contributed by atoms with van der Waals surface area (Å²) in [7, 11) is 0. The van der Waals surface area contributed by atoms with Crippen LogP contribution in [-0.2, 0) is 11.3 Å². The Labute approximate surface area is 168 Å². The maximum absolute atomic E-state index is 13.1. The number of hydrogen-bond donors (Lipinski definition) is 0. The van der Waals surface area contributed by atoms with E-state index in [1.165, 1.54) is 33.6 Å². The average Bonchev–Trinajstić information content (AvgIpc) is 3.32. The van der Waals surface area contributed by atoms with E-state index in [9.17, 15) is 14.9 Å². The number of hydrogen-bond acceptors (Lipinski definition) is 7. The molecule has 0 radical (unpaired) electrons. The molecule has 0 aliphatic heterocycles. The first-order valence-corrected chi connectivity index (χ1v) is 10.2. The van der Waals surface area contributed by atoms with Crippen molar-refractivity contribution in [3.63, 3.8) is 0 Å². The molecule has 6 nitrogen and oxygen atoms in total. The molecular formula is C20H14N4O2S2. The second-order valence-corrected chi connectivity index (χ2v) is 7.98. The highest BCUT2D eigenvalue weighted by Gasteiger charge is 2.24. The summed E-state index contributed by atoms with van der Waals surface area (Å²) in [5, 5.41) is 14.1. The van der Waals surface area contributed by atoms with Gasteiger partial charge in [-0.25, -0.2) is 9.97 Å². The Kier molecular flexibility index (Phi) is 4.86. The number of ketones is 1. The third kappa shape index (κ3) is 3.26. The number of nitriles is 1. The van der Waals surface area contributed by atoms with Crippen LogP contribution in [0.1, 0.15) is 16.6 Å². The number of carbonyl (C=O) groups is 1. The van der Waals surface area contributed by atoms with Crippen LogP contribution in [-0.4, -0.2) is 20.3 Å². The number of fused-ring (bicyclic) bond motifs is 1. The fourth-order valence-corrected chi connectivity index (χ4v) is 4.71. The van der Waals surface area contributed by atoms with Crippen molar-refractivity contribution in [2.24, 2.45) is 0 Å². The van der Waals surface area contributed by atoms with Crippen molar-refractivity contribution >= 4 is 38.7 Å². The molecule has 1 atom stereocenters. The lowest BCUT2D eigenvalue weighted by Crippen LogP contribution is -2.27. The maximum Gasteiger partial charge on any atom is 0.263 e. The number of rotatable bonds is 5. The minimum absolute atomic E-state index is 0.220. The van der Waals surface area contributed by atoms with E-state index in [2.05, 4.69) is 9.97 Å². The van der Waals surface area contributed by atoms with E-state index in [4.69, 9.17) is 0 Å². The first-order valence-electron chi connectivity index (χ1n) is 8.45. The summed E-state index contributed by atoms with van der Waals surface area (Å²) in [5.41, 5.74) is 2.20. The van der Waals surface area contributed by atoms with Crippen LogP contribution in [0.15, 0.2) is 52.2 Å². The number of Topliss-reactive ketones (excluding diaryl/α,β-unsaturated/α-hetero) is 1. The first-order chi connectivity index (χ1) is 13.6. The van der Waals surface area contributed by atoms with Gasteiger partial charge in [0.2, 0.25) is 0 Å². The molecule has 1 unspecified atom stereocenters. The van der Waals surface area contributed by atoms with E-state index in [-0.39, 0.29) is 17.9 Å². The molecule has 0 amide bonds. The molecule has 0 spiro atoms. The Morgan fingerprint density at radius 2 is 2.04 bits per heavy atom. The van der Waals surface area contributed by atoms with Crippen LogP contribution in [0.4, 0.5) is 0 Å². The van der Waals surface area contributed by atoms with Crippen molar-refractivity contribution in [3.8, 4) is 17.2 Å². The van der Waals surface area contributed by atoms with Gasteiger partial charge in [0.05, 0.1) is 24.3 Å². The molecule has 0 aliphatic rings. The highest BCUT2D eigenvalue weighted by atomic mass is 32.1. The van der Waals surface area contributed by atoms with Crippen LogP contribution in [0, 0.1) is 18.3 Å². The number of nitrogens with zero attached hydrogens (tertiary/aromatic N) is 4. The lowest BCUT2D eigenvalue weighted by atomic mass is 10.1. The molecule has 0 N–H and O–H groups in total. The third-order valence-corrected chi connectivity index (χ3v) is 6.22. The molecule has 0 fully saturated rings. The standard InChI is InChI=1S/C20H14N4O2S2/c1-12-9-27-18(23-12)14(7-21)16(25)8-24-11-22-19-17(20(24)26)15(10-28-19)13-5-3-2-4-6-13/h2-6,9-11,14H,8H2,1H3. The van der Waals surface area contributed by atoms with Gasteiger partial charge >= 0.3 is 0 Å². The van der Waals surface area contributed by atoms with Crippen LogP contribution in [0.25, 0.3) is 21.3 Å². The Morgan fingerprint density at radius 3 is 2.71 bits per heavy atom. The van der Waals surface area contributed by atoms with Crippen molar-refractivity contribution in [2.45, 2.75) is 19.4 Å². The number of thiophene rings is 1. The van der Waals surface area contributed by atoms with E-state index >= 15 is 0 Å². The maximum atomic E-state index is 13.1. The van der Waals surface area contributed by atoms with Crippen molar-refractivity contribution in [2.75, 3.05) is 0 Å². The molecule has 0 bridgehead atoms. The first kappa shape index (κ1) is 18.2. The normalized spacial score (nSPS) is 12.0. The van der Waals surface area contributed by atoms with E-state index in [0.29, 0.717) is 15.2 Å². The predicted molar refractivity (Wildman–Crippen MR) is 110 cm³/mol. The van der Waals surface area contributed by atoms with Crippen molar-refractivity contribution < 1.29 is 4.79 Å². The summed E-state index contributed by atoms with van der Waals surface area (Å²) in [6.07, 6.45) is 1.37. The third-order valence-electron chi connectivity index (χ3n) is 4.31. The van der Waals surface area contributed by atoms with Crippen molar-refractivity contribution in [1.29, 1.82) is 5.26 Å². The lowest BCUT2D eigenvalue weighted by molar-refractivity contribution is -0.120. The molecule has 28 heavy (non-hydrogen) atoms. The highest BCUT2D eigenvalue weighted by Crippen LogP contribution is 2.30. The number of aromatic nitrogens is 3. The van der Waals surface area contributed by atoms with Gasteiger partial charge in [-0.2, -0.15) is 5.26 Å². The fourth-order valence-electron chi connectivity index (χ4n) is 2.94. The predicted octanol–water partition coefficient (Wildman–Crippen LogP) is 3.77. The van der Waals surface area contributed by atoms with Crippen LogP contribution < -0.4 is 5.56 Å². The lowest BCUT2D eigenvalue weighted by Gasteiger charge is -2.08. The Balaban J connectivity index is 1.72. The van der Waals surface area contributed by atoms with E-state index in [0.717, 1.165) is 16.8 Å². The topological polar surface area (TPSA) is 88.6 Å². The zero-order valence-electron chi connectivity index (χ0n) is 14.8. The van der Waals surface area contributed by atoms with Gasteiger partial charge < -0.3 is 0 Å². The average molecular weight is 406 g/mol. The zero-order chi connectivity index (χ0) is 19.7. The molecular weight excluding hydrogens is 392 g/mol. The summed E-state index contributed by atoms with van der Waals surface area (Å²) < 4.78 is 1.27. The Bertz CT molecular complexity index is 1260. The minimum atomic E-state index is -0.989. The Hall–Kier alpha value is -3.15. The SMILES string of the molecule is Cc1csc(C(C#N)C(=O)Cn2cnc3scc(-c4ccccc4)c3c2=O)n1. The van der Waals surface area contributed by atoms with Crippen LogP contribution >= 0.6 is 22.7 Å². The number of benzene rings is 1. The molecule has 8 heteroatoms. The largest absolute Gasteiger partial charge is 0.296 e. The molecule has 138 valence electrons. The van der Waals surface area contributed by atoms with Crippen LogP contribution in [0.2, 0.25) is 0 Å². The zero-order valence-corrected chi connectivity index (χ0v) is 16.5. The molecule has 3 aromatic heterocycles. The summed E-state index contributed by atoms with van der Waals surface area (Å²) in [4.78, 5) is 34.9. The highest BCUT2D eigenvalue weighted by molar-refractivity contribution is 7.17. The summed E-state index contributed by atoms with van der Waals surface area (Å²) in [5.74, 6) is -1.37. The van der Waals surface area contributed by atoms with Gasteiger partial charge in [-0.05, 0) is 12.5 Å². The smallest absolute Gasteiger partial charge is 0.263 e. The van der Waals surface area contributed by atoms with Crippen LogP contribution in [0.5, 0.6) is 0 Å². The van der Waals surface area contributed by atoms with E-state index in [1.54, 1.807) is 5.38 Å². The van der Waals surface area contributed by atoms with Gasteiger partial charge in [0.1, 0.15) is 9.84 Å². The second-order valence-electron chi connectivity index (χ2n) is 6.23. The molecule has 1 aromatic carbocycles. The fraction of sp³-hybridized carbons (Fsp3) is 0.150. The molecule has 4 aromatic rings. The number of carbonyl (C=O) groups excluding carboxylic acids is 1. The van der Waals surface area contributed by atoms with E-state index < -0.39 is 5.92 Å². The van der Waals surface area contributed by atoms with Gasteiger partial charge in [-0.3, -0.25) is 14.2 Å². The quantitative estimate of drug-likeness (QED) is 0.503.